The van der Waals surface area contributed by atoms with E-state index in [9.17, 15) is 24.5 Å². The summed E-state index contributed by atoms with van der Waals surface area (Å²) >= 11 is 6.15. The molecular weight excluding hydrogens is 486 g/mol. The molecule has 3 aromatic carbocycles. The molecule has 0 spiro atoms. The molecule has 9 nitrogen and oxygen atoms in total. The zero-order valence-corrected chi connectivity index (χ0v) is 20.0. The van der Waals surface area contributed by atoms with Crippen LogP contribution in [0.4, 0.5) is 16.2 Å². The molecular formula is C26H20ClN3O6. The number of halogens is 1. The molecule has 0 atom stereocenters. The van der Waals surface area contributed by atoms with Gasteiger partial charge in [-0.2, -0.15) is 0 Å². The maximum Gasteiger partial charge on any atom is 0.335 e. The van der Waals surface area contributed by atoms with Gasteiger partial charge in [0.25, 0.3) is 17.5 Å². The predicted molar refractivity (Wildman–Crippen MR) is 134 cm³/mol. The second kappa shape index (κ2) is 10.0. The lowest BCUT2D eigenvalue weighted by Crippen LogP contribution is -2.54. The lowest BCUT2D eigenvalue weighted by molar-refractivity contribution is -0.384. The summed E-state index contributed by atoms with van der Waals surface area (Å²) in [5.74, 6) is -1.31. The molecule has 0 aromatic heterocycles. The topological polar surface area (TPSA) is 119 Å². The van der Waals surface area contributed by atoms with Gasteiger partial charge in [-0.1, -0.05) is 17.7 Å². The summed E-state index contributed by atoms with van der Waals surface area (Å²) in [7, 11) is 0. The lowest BCUT2D eigenvalue weighted by Gasteiger charge is -2.27. The summed E-state index contributed by atoms with van der Waals surface area (Å²) in [4.78, 5) is 49.6. The van der Waals surface area contributed by atoms with Crippen molar-refractivity contribution in [3.63, 3.8) is 0 Å². The summed E-state index contributed by atoms with van der Waals surface area (Å²) in [6, 6.07) is 14.8. The van der Waals surface area contributed by atoms with E-state index in [1.807, 2.05) is 13.8 Å². The Balaban J connectivity index is 1.64. The Labute approximate surface area is 211 Å². The number of rotatable bonds is 6. The van der Waals surface area contributed by atoms with Crippen LogP contribution in [0.3, 0.4) is 0 Å². The highest BCUT2D eigenvalue weighted by Crippen LogP contribution is 2.29. The number of nitrogens with zero attached hydrogens (tertiary/aromatic N) is 2. The van der Waals surface area contributed by atoms with Crippen molar-refractivity contribution in [1.29, 1.82) is 0 Å². The molecule has 4 amide bonds. The highest BCUT2D eigenvalue weighted by atomic mass is 35.5. The average Bonchev–Trinajstić information content (AvgIpc) is 2.83. The minimum Gasteiger partial charge on any atom is -0.488 e. The SMILES string of the molecule is Cc1ccc(N2C(=O)NC(=O)/C(=C\c3cc(Cl)ccc3OCc3ccc([N+](=O)[O-])cc3)C2=O)cc1C. The molecule has 0 aliphatic carbocycles. The molecule has 0 radical (unpaired) electrons. The minimum absolute atomic E-state index is 0.0413. The third kappa shape index (κ3) is 5.11. The number of amides is 4. The molecule has 4 rings (SSSR count). The van der Waals surface area contributed by atoms with Gasteiger partial charge in [0.2, 0.25) is 0 Å². The molecule has 36 heavy (non-hydrogen) atoms. The first-order chi connectivity index (χ1) is 17.1. The van der Waals surface area contributed by atoms with E-state index < -0.39 is 22.8 Å². The van der Waals surface area contributed by atoms with Crippen LogP contribution in [0.1, 0.15) is 22.3 Å². The number of barbiturate groups is 1. The monoisotopic (exact) mass is 505 g/mol. The van der Waals surface area contributed by atoms with Crippen LogP contribution in [0.15, 0.2) is 66.2 Å². The zero-order chi connectivity index (χ0) is 26.0. The van der Waals surface area contributed by atoms with E-state index in [1.54, 1.807) is 42.5 Å². The molecule has 3 aromatic rings. The highest BCUT2D eigenvalue weighted by Gasteiger charge is 2.37. The maximum absolute atomic E-state index is 13.3. The van der Waals surface area contributed by atoms with Gasteiger partial charge in [-0.25, -0.2) is 9.69 Å². The van der Waals surface area contributed by atoms with Gasteiger partial charge in [0.15, 0.2) is 0 Å². The Kier molecular flexibility index (Phi) is 6.84. The van der Waals surface area contributed by atoms with E-state index in [1.165, 1.54) is 24.3 Å². The van der Waals surface area contributed by atoms with Crippen LogP contribution in [0.5, 0.6) is 5.75 Å². The van der Waals surface area contributed by atoms with Crippen LogP contribution < -0.4 is 15.0 Å². The molecule has 182 valence electrons. The number of hydrogen-bond acceptors (Lipinski definition) is 6. The number of nitrogens with one attached hydrogen (secondary N) is 1. The highest BCUT2D eigenvalue weighted by molar-refractivity contribution is 6.39. The fraction of sp³-hybridized carbons (Fsp3) is 0.115. The Bertz CT molecular complexity index is 1430. The fourth-order valence-corrected chi connectivity index (χ4v) is 3.73. The number of nitro benzene ring substituents is 1. The van der Waals surface area contributed by atoms with Gasteiger partial charge in [0.1, 0.15) is 17.9 Å². The first kappa shape index (κ1) is 24.6. The lowest BCUT2D eigenvalue weighted by atomic mass is 10.0. The number of ether oxygens (including phenoxy) is 1. The molecule has 1 N–H and O–H groups in total. The molecule has 1 aliphatic heterocycles. The van der Waals surface area contributed by atoms with Crippen LogP contribution in [0, 0.1) is 24.0 Å². The van der Waals surface area contributed by atoms with Crippen LogP contribution in [-0.4, -0.2) is 22.8 Å². The number of non-ortho nitro benzene ring substituents is 1. The van der Waals surface area contributed by atoms with Gasteiger partial charge in [-0.05, 0) is 79.1 Å². The molecule has 1 heterocycles. The van der Waals surface area contributed by atoms with E-state index in [4.69, 9.17) is 16.3 Å². The quantitative estimate of drug-likeness (QED) is 0.215. The number of nitro groups is 1. The number of hydrogen-bond donors (Lipinski definition) is 1. The Hall–Kier alpha value is -4.50. The van der Waals surface area contributed by atoms with Crippen molar-refractivity contribution in [3.05, 3.63) is 104 Å². The number of aryl methyl sites for hydroxylation is 2. The van der Waals surface area contributed by atoms with Gasteiger partial charge in [0, 0.05) is 22.7 Å². The molecule has 1 aliphatic rings. The third-order valence-electron chi connectivity index (χ3n) is 5.66. The van der Waals surface area contributed by atoms with Crippen molar-refractivity contribution >= 4 is 46.9 Å². The molecule has 1 saturated heterocycles. The van der Waals surface area contributed by atoms with Crippen molar-refractivity contribution < 1.29 is 24.0 Å². The second-order valence-electron chi connectivity index (χ2n) is 8.12. The van der Waals surface area contributed by atoms with Crippen LogP contribution in [-0.2, 0) is 16.2 Å². The summed E-state index contributed by atoms with van der Waals surface area (Å²) < 4.78 is 5.86. The van der Waals surface area contributed by atoms with E-state index in [-0.39, 0.29) is 17.9 Å². The van der Waals surface area contributed by atoms with E-state index in [2.05, 4.69) is 5.32 Å². The molecule has 0 saturated carbocycles. The second-order valence-corrected chi connectivity index (χ2v) is 8.56. The first-order valence-corrected chi connectivity index (χ1v) is 11.2. The van der Waals surface area contributed by atoms with Gasteiger partial charge in [0.05, 0.1) is 10.6 Å². The molecule has 1 fully saturated rings. The van der Waals surface area contributed by atoms with Crippen molar-refractivity contribution in [3.8, 4) is 5.75 Å². The molecule has 0 bridgehead atoms. The standard InChI is InChI=1S/C26H20ClN3O6/c1-15-3-7-21(11-16(15)2)29-25(32)22(24(31)28-26(29)33)13-18-12-19(27)6-10-23(18)36-14-17-4-8-20(9-5-17)30(34)35/h3-13H,14H2,1-2H3,(H,28,31,33)/b22-13+. The summed E-state index contributed by atoms with van der Waals surface area (Å²) in [5.41, 5.74) is 2.91. The number of urea groups is 1. The Morgan fingerprint density at radius 3 is 2.39 bits per heavy atom. The van der Waals surface area contributed by atoms with E-state index >= 15 is 0 Å². The van der Waals surface area contributed by atoms with Crippen LogP contribution in [0.25, 0.3) is 6.08 Å². The number of benzene rings is 3. The maximum atomic E-state index is 13.3. The number of carbonyl (C=O) groups excluding carboxylic acids is 3. The van der Waals surface area contributed by atoms with E-state index in [0.29, 0.717) is 27.6 Å². The Morgan fingerprint density at radius 1 is 1.00 bits per heavy atom. The summed E-state index contributed by atoms with van der Waals surface area (Å²) in [5, 5.41) is 13.4. The van der Waals surface area contributed by atoms with Gasteiger partial charge < -0.3 is 4.74 Å². The first-order valence-electron chi connectivity index (χ1n) is 10.8. The van der Waals surface area contributed by atoms with Crippen LogP contribution >= 0.6 is 11.6 Å². The summed E-state index contributed by atoms with van der Waals surface area (Å²) in [6.45, 7) is 3.83. The van der Waals surface area contributed by atoms with Gasteiger partial charge in [-0.3, -0.25) is 25.0 Å². The zero-order valence-electron chi connectivity index (χ0n) is 19.3. The molecule has 10 heteroatoms. The largest absolute Gasteiger partial charge is 0.488 e. The van der Waals surface area contributed by atoms with Crippen molar-refractivity contribution in [2.24, 2.45) is 0 Å². The average molecular weight is 506 g/mol. The number of imide groups is 2. The summed E-state index contributed by atoms with van der Waals surface area (Å²) in [6.07, 6.45) is 1.31. The van der Waals surface area contributed by atoms with Gasteiger partial charge >= 0.3 is 6.03 Å². The third-order valence-corrected chi connectivity index (χ3v) is 5.90. The number of carbonyl (C=O) groups is 3. The van der Waals surface area contributed by atoms with Crippen molar-refractivity contribution in [1.82, 2.24) is 5.32 Å². The predicted octanol–water partition coefficient (Wildman–Crippen LogP) is 5.11. The van der Waals surface area contributed by atoms with Gasteiger partial charge in [-0.15, -0.1) is 0 Å². The normalized spacial score (nSPS) is 14.7. The smallest absolute Gasteiger partial charge is 0.335 e. The van der Waals surface area contributed by atoms with Crippen molar-refractivity contribution in [2.75, 3.05) is 4.90 Å². The fourth-order valence-electron chi connectivity index (χ4n) is 3.55. The minimum atomic E-state index is -0.842. The van der Waals surface area contributed by atoms with E-state index in [0.717, 1.165) is 16.0 Å². The Morgan fingerprint density at radius 2 is 1.72 bits per heavy atom. The van der Waals surface area contributed by atoms with Crippen LogP contribution in [0.2, 0.25) is 5.02 Å². The molecule has 0 unspecified atom stereocenters. The number of anilines is 1. The van der Waals surface area contributed by atoms with Crippen molar-refractivity contribution in [2.45, 2.75) is 20.5 Å².